The third kappa shape index (κ3) is 1.83. The van der Waals surface area contributed by atoms with Crippen LogP contribution in [0, 0.1) is 0 Å². The molecule has 0 fully saturated rings. The van der Waals surface area contributed by atoms with Gasteiger partial charge in [-0.1, -0.05) is 30.3 Å². The minimum absolute atomic E-state index is 0.150. The maximum absolute atomic E-state index is 12.3. The highest BCUT2D eigenvalue weighted by atomic mass is 19.4. The van der Waals surface area contributed by atoms with Crippen LogP contribution in [0.3, 0.4) is 0 Å². The summed E-state index contributed by atoms with van der Waals surface area (Å²) in [6.07, 6.45) is -4.64. The highest BCUT2D eigenvalue weighted by molar-refractivity contribution is 5.22. The van der Waals surface area contributed by atoms with Crippen molar-refractivity contribution in [1.29, 1.82) is 0 Å². The molecule has 0 aliphatic rings. The Morgan fingerprint density at radius 2 is 1.54 bits per heavy atom. The predicted octanol–water partition coefficient (Wildman–Crippen LogP) is 2.46. The van der Waals surface area contributed by atoms with Crippen molar-refractivity contribution in [3.63, 3.8) is 0 Å². The van der Waals surface area contributed by atoms with Crippen molar-refractivity contribution in [2.75, 3.05) is 0 Å². The first-order valence-corrected chi connectivity index (χ1v) is 3.70. The number of halogens is 3. The van der Waals surface area contributed by atoms with Crippen molar-refractivity contribution >= 4 is 0 Å². The first kappa shape index (κ1) is 10.1. The molecule has 1 atom stereocenters. The van der Waals surface area contributed by atoms with E-state index < -0.39 is 11.8 Å². The second-order valence-electron chi connectivity index (χ2n) is 2.94. The van der Waals surface area contributed by atoms with E-state index in [4.69, 9.17) is 0 Å². The Labute approximate surface area is 73.8 Å². The summed E-state index contributed by atoms with van der Waals surface area (Å²) in [5.41, 5.74) is -2.92. The first-order valence-electron chi connectivity index (χ1n) is 3.70. The number of aliphatic hydroxyl groups is 1. The van der Waals surface area contributed by atoms with Gasteiger partial charge in [0.1, 0.15) is 0 Å². The Kier molecular flexibility index (Phi) is 2.34. The van der Waals surface area contributed by atoms with Crippen LogP contribution in [-0.2, 0) is 5.60 Å². The molecule has 72 valence electrons. The zero-order valence-electron chi connectivity index (χ0n) is 6.97. The number of alkyl halides is 3. The van der Waals surface area contributed by atoms with Crippen LogP contribution >= 0.6 is 0 Å². The normalized spacial score (nSPS) is 16.7. The van der Waals surface area contributed by atoms with E-state index in [1.54, 1.807) is 6.07 Å². The molecule has 4 heteroatoms. The fourth-order valence-electron chi connectivity index (χ4n) is 0.926. The summed E-state index contributed by atoms with van der Waals surface area (Å²) in [4.78, 5) is 0. The van der Waals surface area contributed by atoms with Crippen LogP contribution in [0.4, 0.5) is 13.2 Å². The van der Waals surface area contributed by atoms with Crippen molar-refractivity contribution in [2.24, 2.45) is 0 Å². The standard InChI is InChI=1S/C9H9F3O/c1-8(13,9(10,11)12)7-5-3-2-4-6-7/h2-6,13H,1H3. The molecule has 0 amide bonds. The molecule has 0 bridgehead atoms. The average Bonchev–Trinajstić information content (AvgIpc) is 2.04. The SMILES string of the molecule is CC(O)(c1ccccc1)C(F)(F)F. The molecule has 0 radical (unpaired) electrons. The molecule has 1 unspecified atom stereocenters. The van der Waals surface area contributed by atoms with Crippen LogP contribution in [-0.4, -0.2) is 11.3 Å². The lowest BCUT2D eigenvalue weighted by molar-refractivity contribution is -0.258. The number of hydrogen-bond acceptors (Lipinski definition) is 1. The van der Waals surface area contributed by atoms with Crippen LogP contribution in [0.15, 0.2) is 30.3 Å². The van der Waals surface area contributed by atoms with E-state index in [1.165, 1.54) is 24.3 Å². The molecule has 1 rings (SSSR count). The molecular formula is C9H9F3O. The lowest BCUT2D eigenvalue weighted by atomic mass is 9.96. The average molecular weight is 190 g/mol. The van der Waals surface area contributed by atoms with E-state index in [1.807, 2.05) is 0 Å². The summed E-state index contributed by atoms with van der Waals surface area (Å²) in [5, 5.41) is 9.20. The smallest absolute Gasteiger partial charge is 0.376 e. The van der Waals surface area contributed by atoms with Gasteiger partial charge in [-0.2, -0.15) is 13.2 Å². The summed E-state index contributed by atoms with van der Waals surface area (Å²) in [7, 11) is 0. The molecule has 1 aromatic carbocycles. The highest BCUT2D eigenvalue weighted by Gasteiger charge is 2.50. The zero-order valence-corrected chi connectivity index (χ0v) is 6.97. The second kappa shape index (κ2) is 3.03. The summed E-state index contributed by atoms with van der Waals surface area (Å²) >= 11 is 0. The number of hydrogen-bond donors (Lipinski definition) is 1. The molecule has 0 spiro atoms. The van der Waals surface area contributed by atoms with Crippen LogP contribution in [0.25, 0.3) is 0 Å². The van der Waals surface area contributed by atoms with E-state index in [2.05, 4.69) is 0 Å². The zero-order chi connectivity index (χ0) is 10.1. The Morgan fingerprint density at radius 3 is 1.92 bits per heavy atom. The lowest BCUT2D eigenvalue weighted by Crippen LogP contribution is -2.39. The lowest BCUT2D eigenvalue weighted by Gasteiger charge is -2.26. The Hall–Kier alpha value is -1.03. The quantitative estimate of drug-likeness (QED) is 0.721. The third-order valence-corrected chi connectivity index (χ3v) is 1.89. The molecule has 13 heavy (non-hydrogen) atoms. The van der Waals surface area contributed by atoms with Crippen LogP contribution in [0.5, 0.6) is 0 Å². The van der Waals surface area contributed by atoms with Gasteiger partial charge in [-0.3, -0.25) is 0 Å². The molecule has 0 aliphatic heterocycles. The molecule has 1 aromatic rings. The molecular weight excluding hydrogens is 181 g/mol. The summed E-state index contributed by atoms with van der Waals surface area (Å²) in [6.45, 7) is 0.738. The van der Waals surface area contributed by atoms with Gasteiger partial charge in [0.05, 0.1) is 0 Å². The van der Waals surface area contributed by atoms with Crippen LogP contribution < -0.4 is 0 Å². The topological polar surface area (TPSA) is 20.2 Å². The number of benzene rings is 1. The summed E-state index contributed by atoms with van der Waals surface area (Å²) < 4.78 is 36.8. The van der Waals surface area contributed by atoms with E-state index >= 15 is 0 Å². The van der Waals surface area contributed by atoms with Gasteiger partial charge in [-0.05, 0) is 12.5 Å². The first-order chi connectivity index (χ1) is 5.86. The van der Waals surface area contributed by atoms with Crippen molar-refractivity contribution in [3.05, 3.63) is 35.9 Å². The largest absolute Gasteiger partial charge is 0.421 e. The van der Waals surface area contributed by atoms with E-state index in [0.29, 0.717) is 0 Å². The maximum Gasteiger partial charge on any atom is 0.421 e. The molecule has 0 heterocycles. The van der Waals surface area contributed by atoms with E-state index in [0.717, 1.165) is 6.92 Å². The van der Waals surface area contributed by atoms with Gasteiger partial charge < -0.3 is 5.11 Å². The molecule has 1 nitrogen and oxygen atoms in total. The summed E-state index contributed by atoms with van der Waals surface area (Å²) in [5.74, 6) is 0. The Bertz CT molecular complexity index is 277. The van der Waals surface area contributed by atoms with Gasteiger partial charge in [0, 0.05) is 0 Å². The van der Waals surface area contributed by atoms with Crippen molar-refractivity contribution in [3.8, 4) is 0 Å². The second-order valence-corrected chi connectivity index (χ2v) is 2.94. The van der Waals surface area contributed by atoms with Crippen LogP contribution in [0.2, 0.25) is 0 Å². The maximum atomic E-state index is 12.3. The van der Waals surface area contributed by atoms with E-state index in [9.17, 15) is 18.3 Å². The molecule has 0 aliphatic carbocycles. The number of rotatable bonds is 1. The van der Waals surface area contributed by atoms with E-state index in [-0.39, 0.29) is 5.56 Å². The van der Waals surface area contributed by atoms with Crippen molar-refractivity contribution in [2.45, 2.75) is 18.7 Å². The van der Waals surface area contributed by atoms with Gasteiger partial charge in [0.15, 0.2) is 5.60 Å². The van der Waals surface area contributed by atoms with Gasteiger partial charge in [0.25, 0.3) is 0 Å². The fourth-order valence-corrected chi connectivity index (χ4v) is 0.926. The summed E-state index contributed by atoms with van der Waals surface area (Å²) in [6, 6.07) is 6.99. The Balaban J connectivity index is 3.08. The monoisotopic (exact) mass is 190 g/mol. The van der Waals surface area contributed by atoms with Gasteiger partial charge in [-0.15, -0.1) is 0 Å². The van der Waals surface area contributed by atoms with Crippen molar-refractivity contribution in [1.82, 2.24) is 0 Å². The minimum Gasteiger partial charge on any atom is -0.376 e. The van der Waals surface area contributed by atoms with Crippen molar-refractivity contribution < 1.29 is 18.3 Å². The third-order valence-electron chi connectivity index (χ3n) is 1.89. The van der Waals surface area contributed by atoms with Gasteiger partial charge >= 0.3 is 6.18 Å². The highest BCUT2D eigenvalue weighted by Crippen LogP contribution is 2.37. The molecule has 0 saturated carbocycles. The van der Waals surface area contributed by atoms with Crippen LogP contribution in [0.1, 0.15) is 12.5 Å². The van der Waals surface area contributed by atoms with Gasteiger partial charge in [-0.25, -0.2) is 0 Å². The van der Waals surface area contributed by atoms with Gasteiger partial charge in [0.2, 0.25) is 0 Å². The Morgan fingerprint density at radius 1 is 1.08 bits per heavy atom. The minimum atomic E-state index is -4.64. The molecule has 0 saturated heterocycles. The fraction of sp³-hybridized carbons (Fsp3) is 0.333. The predicted molar refractivity (Wildman–Crippen MR) is 42.1 cm³/mol. The molecule has 1 N–H and O–H groups in total. The molecule has 0 aromatic heterocycles.